The van der Waals surface area contributed by atoms with Gasteiger partial charge in [0.25, 0.3) is 0 Å². The SMILES string of the molecule is C=CCn1c(C(C)(C)C)nc(CC2CCCCC2)c1N. The highest BCUT2D eigenvalue weighted by atomic mass is 15.1. The van der Waals surface area contributed by atoms with Gasteiger partial charge in [0.1, 0.15) is 11.6 Å². The van der Waals surface area contributed by atoms with Crippen LogP contribution >= 0.6 is 0 Å². The van der Waals surface area contributed by atoms with Crippen LogP contribution in [0.1, 0.15) is 64.4 Å². The smallest absolute Gasteiger partial charge is 0.127 e. The summed E-state index contributed by atoms with van der Waals surface area (Å²) in [6.45, 7) is 11.2. The monoisotopic (exact) mass is 275 g/mol. The molecule has 0 amide bonds. The van der Waals surface area contributed by atoms with E-state index in [2.05, 4.69) is 31.9 Å². The number of nitrogens with two attached hydrogens (primary N) is 1. The molecule has 0 unspecified atom stereocenters. The molecule has 0 radical (unpaired) electrons. The first kappa shape index (κ1) is 15.1. The summed E-state index contributed by atoms with van der Waals surface area (Å²) in [5, 5.41) is 0. The minimum atomic E-state index is 0.0158. The van der Waals surface area contributed by atoms with Crippen molar-refractivity contribution >= 4 is 5.82 Å². The lowest BCUT2D eigenvalue weighted by Gasteiger charge is -2.20. The number of rotatable bonds is 4. The number of hydrogen-bond acceptors (Lipinski definition) is 2. The van der Waals surface area contributed by atoms with Gasteiger partial charge in [-0.05, 0) is 12.3 Å². The number of aromatic nitrogens is 2. The molecular weight excluding hydrogens is 246 g/mol. The van der Waals surface area contributed by atoms with Crippen LogP contribution in [0.3, 0.4) is 0 Å². The molecule has 1 fully saturated rings. The lowest BCUT2D eigenvalue weighted by Crippen LogP contribution is -2.19. The minimum Gasteiger partial charge on any atom is -0.384 e. The van der Waals surface area contributed by atoms with Crippen LogP contribution in [-0.2, 0) is 18.4 Å². The zero-order valence-electron chi connectivity index (χ0n) is 13.3. The number of imidazole rings is 1. The quantitative estimate of drug-likeness (QED) is 0.842. The normalized spacial score (nSPS) is 17.4. The molecule has 0 bridgehead atoms. The number of hydrogen-bond donors (Lipinski definition) is 1. The van der Waals surface area contributed by atoms with E-state index in [0.717, 1.165) is 36.2 Å². The Hall–Kier alpha value is -1.25. The highest BCUT2D eigenvalue weighted by Gasteiger charge is 2.26. The van der Waals surface area contributed by atoms with Crippen LogP contribution in [0.2, 0.25) is 0 Å². The molecule has 3 heteroatoms. The van der Waals surface area contributed by atoms with Gasteiger partial charge >= 0.3 is 0 Å². The molecule has 1 aromatic heterocycles. The topological polar surface area (TPSA) is 43.8 Å². The van der Waals surface area contributed by atoms with E-state index in [0.29, 0.717) is 0 Å². The first-order valence-electron chi connectivity index (χ1n) is 7.89. The van der Waals surface area contributed by atoms with E-state index in [1.165, 1.54) is 32.1 Å². The summed E-state index contributed by atoms with van der Waals surface area (Å²) >= 11 is 0. The third-order valence-corrected chi connectivity index (χ3v) is 4.27. The van der Waals surface area contributed by atoms with Crippen LogP contribution in [0, 0.1) is 5.92 Å². The molecule has 1 aromatic rings. The summed E-state index contributed by atoms with van der Waals surface area (Å²) in [5.74, 6) is 2.70. The molecule has 2 N–H and O–H groups in total. The van der Waals surface area contributed by atoms with Crippen molar-refractivity contribution in [3.63, 3.8) is 0 Å². The number of nitrogens with zero attached hydrogens (tertiary/aromatic N) is 2. The molecule has 0 atom stereocenters. The van der Waals surface area contributed by atoms with Crippen molar-refractivity contribution in [2.45, 2.75) is 71.3 Å². The summed E-state index contributed by atoms with van der Waals surface area (Å²) in [7, 11) is 0. The Morgan fingerprint density at radius 1 is 1.30 bits per heavy atom. The van der Waals surface area contributed by atoms with Crippen molar-refractivity contribution in [2.75, 3.05) is 5.73 Å². The van der Waals surface area contributed by atoms with Gasteiger partial charge in [0.15, 0.2) is 0 Å². The average molecular weight is 275 g/mol. The van der Waals surface area contributed by atoms with Crippen LogP contribution in [0.5, 0.6) is 0 Å². The van der Waals surface area contributed by atoms with Gasteiger partial charge in [-0.3, -0.25) is 0 Å². The highest BCUT2D eigenvalue weighted by Crippen LogP contribution is 2.31. The fourth-order valence-corrected chi connectivity index (χ4v) is 3.22. The molecule has 0 spiro atoms. The van der Waals surface area contributed by atoms with Crippen molar-refractivity contribution in [2.24, 2.45) is 5.92 Å². The Bertz CT molecular complexity index is 459. The van der Waals surface area contributed by atoms with E-state index in [1.54, 1.807) is 0 Å². The maximum absolute atomic E-state index is 6.36. The molecule has 1 heterocycles. The fourth-order valence-electron chi connectivity index (χ4n) is 3.22. The van der Waals surface area contributed by atoms with Gasteiger partial charge in [0.05, 0.1) is 5.69 Å². The standard InChI is InChI=1S/C17H29N3/c1-5-11-20-15(18)14(19-16(20)17(2,3)4)12-13-9-7-6-8-10-13/h5,13H,1,6-12,18H2,2-4H3. The predicted octanol–water partition coefficient (Wildman–Crippen LogP) is 4.07. The number of anilines is 1. The Labute approximate surface area is 123 Å². The van der Waals surface area contributed by atoms with Gasteiger partial charge in [-0.15, -0.1) is 6.58 Å². The molecule has 0 saturated heterocycles. The van der Waals surface area contributed by atoms with Crippen LogP contribution < -0.4 is 5.73 Å². The largest absolute Gasteiger partial charge is 0.384 e. The van der Waals surface area contributed by atoms with Crippen molar-refractivity contribution in [3.8, 4) is 0 Å². The summed E-state index contributed by atoms with van der Waals surface area (Å²) in [4.78, 5) is 4.88. The molecule has 3 nitrogen and oxygen atoms in total. The molecule has 20 heavy (non-hydrogen) atoms. The molecule has 0 aliphatic heterocycles. The molecule has 1 aliphatic rings. The zero-order chi connectivity index (χ0) is 14.8. The molecule has 1 aliphatic carbocycles. The van der Waals surface area contributed by atoms with Crippen LogP contribution in [0.4, 0.5) is 5.82 Å². The van der Waals surface area contributed by atoms with Gasteiger partial charge in [-0.25, -0.2) is 4.98 Å². The predicted molar refractivity (Wildman–Crippen MR) is 85.8 cm³/mol. The molecule has 2 rings (SSSR count). The first-order chi connectivity index (χ1) is 9.43. The maximum Gasteiger partial charge on any atom is 0.127 e. The Morgan fingerprint density at radius 2 is 1.95 bits per heavy atom. The summed E-state index contributed by atoms with van der Waals surface area (Å²) in [6.07, 6.45) is 9.73. The van der Waals surface area contributed by atoms with Gasteiger partial charge in [-0.2, -0.15) is 0 Å². The lowest BCUT2D eigenvalue weighted by molar-refractivity contribution is 0.354. The maximum atomic E-state index is 6.36. The van der Waals surface area contributed by atoms with Gasteiger partial charge in [-0.1, -0.05) is 59.0 Å². The van der Waals surface area contributed by atoms with Gasteiger partial charge in [0.2, 0.25) is 0 Å². The third-order valence-electron chi connectivity index (χ3n) is 4.27. The van der Waals surface area contributed by atoms with Gasteiger partial charge < -0.3 is 10.3 Å². The number of nitrogen functional groups attached to an aromatic ring is 1. The third kappa shape index (κ3) is 3.25. The summed E-state index contributed by atoms with van der Waals surface area (Å²) in [6, 6.07) is 0. The second kappa shape index (κ2) is 6.02. The van der Waals surface area contributed by atoms with E-state index in [-0.39, 0.29) is 5.41 Å². The van der Waals surface area contributed by atoms with Crippen molar-refractivity contribution in [3.05, 3.63) is 24.2 Å². The van der Waals surface area contributed by atoms with Gasteiger partial charge in [0, 0.05) is 12.0 Å². The highest BCUT2D eigenvalue weighted by molar-refractivity contribution is 5.40. The summed E-state index contributed by atoms with van der Waals surface area (Å²) < 4.78 is 2.13. The second-order valence-electron chi connectivity index (χ2n) is 7.12. The molecule has 0 aromatic carbocycles. The fraction of sp³-hybridized carbons (Fsp3) is 0.706. The Balaban J connectivity index is 2.26. The minimum absolute atomic E-state index is 0.0158. The van der Waals surface area contributed by atoms with Crippen molar-refractivity contribution in [1.29, 1.82) is 0 Å². The van der Waals surface area contributed by atoms with Crippen LogP contribution in [0.15, 0.2) is 12.7 Å². The molecule has 1 saturated carbocycles. The van der Waals surface area contributed by atoms with E-state index in [9.17, 15) is 0 Å². The number of allylic oxidation sites excluding steroid dienone is 1. The second-order valence-corrected chi connectivity index (χ2v) is 7.12. The van der Waals surface area contributed by atoms with Crippen LogP contribution in [-0.4, -0.2) is 9.55 Å². The summed E-state index contributed by atoms with van der Waals surface area (Å²) in [5.41, 5.74) is 7.47. The molecular formula is C17H29N3. The van der Waals surface area contributed by atoms with Crippen molar-refractivity contribution in [1.82, 2.24) is 9.55 Å². The van der Waals surface area contributed by atoms with E-state index < -0.39 is 0 Å². The Morgan fingerprint density at radius 3 is 2.50 bits per heavy atom. The van der Waals surface area contributed by atoms with Crippen LogP contribution in [0.25, 0.3) is 0 Å². The lowest BCUT2D eigenvalue weighted by atomic mass is 9.86. The Kier molecular flexibility index (Phi) is 4.56. The zero-order valence-corrected chi connectivity index (χ0v) is 13.3. The first-order valence-corrected chi connectivity index (χ1v) is 7.89. The van der Waals surface area contributed by atoms with E-state index in [4.69, 9.17) is 10.7 Å². The molecule has 112 valence electrons. The van der Waals surface area contributed by atoms with Crippen molar-refractivity contribution < 1.29 is 0 Å². The van der Waals surface area contributed by atoms with E-state index in [1.807, 2.05) is 6.08 Å². The van der Waals surface area contributed by atoms with E-state index >= 15 is 0 Å². The average Bonchev–Trinajstić information content (AvgIpc) is 2.69.